The van der Waals surface area contributed by atoms with Crippen molar-refractivity contribution >= 4 is 17.7 Å². The molecule has 0 radical (unpaired) electrons. The zero-order chi connectivity index (χ0) is 15.5. The van der Waals surface area contributed by atoms with Crippen LogP contribution in [0, 0.1) is 11.8 Å². The molecule has 3 fully saturated rings. The number of fused-ring (bicyclic) bond motifs is 1. The molecule has 1 aliphatic heterocycles. The fourth-order valence-corrected chi connectivity index (χ4v) is 4.21. The van der Waals surface area contributed by atoms with E-state index >= 15 is 0 Å². The van der Waals surface area contributed by atoms with E-state index in [1.165, 1.54) is 24.2 Å². The Bertz CT molecular complexity index is 433. The number of carbonyl (C=O) groups excluding carboxylic acids is 3. The first-order chi connectivity index (χ1) is 10.7. The molecule has 22 heavy (non-hydrogen) atoms. The van der Waals surface area contributed by atoms with Crippen LogP contribution in [0.2, 0.25) is 0 Å². The maximum atomic E-state index is 12.3. The first kappa shape index (κ1) is 15.5. The molecule has 1 heterocycles. The topological polar surface area (TPSA) is 66.5 Å². The monoisotopic (exact) mass is 306 g/mol. The Morgan fingerprint density at radius 3 is 2.05 bits per heavy atom. The Labute approximate surface area is 131 Å². The number of carbonyl (C=O) groups is 3. The van der Waals surface area contributed by atoms with Crippen LogP contribution in [0.25, 0.3) is 0 Å². The van der Waals surface area contributed by atoms with E-state index in [-0.39, 0.29) is 48.6 Å². The third-order valence-electron chi connectivity index (χ3n) is 5.47. The lowest BCUT2D eigenvalue weighted by molar-refractivity contribution is -0.140. The molecule has 0 unspecified atom stereocenters. The maximum absolute atomic E-state index is 12.3. The first-order valence-corrected chi connectivity index (χ1v) is 8.81. The van der Waals surface area contributed by atoms with Crippen molar-refractivity contribution in [2.24, 2.45) is 11.8 Å². The molecule has 122 valence electrons. The lowest BCUT2D eigenvalue weighted by Gasteiger charge is -2.23. The van der Waals surface area contributed by atoms with Crippen molar-refractivity contribution in [2.75, 3.05) is 6.54 Å². The van der Waals surface area contributed by atoms with Gasteiger partial charge >= 0.3 is 0 Å². The summed E-state index contributed by atoms with van der Waals surface area (Å²) in [6.07, 6.45) is 9.70. The normalized spacial score (nSPS) is 29.5. The molecule has 5 heteroatoms. The van der Waals surface area contributed by atoms with Crippen molar-refractivity contribution in [3.05, 3.63) is 0 Å². The molecule has 3 aliphatic rings. The number of nitrogens with zero attached hydrogens (tertiary/aromatic N) is 1. The molecular weight excluding hydrogens is 280 g/mol. The molecule has 0 spiro atoms. The van der Waals surface area contributed by atoms with E-state index in [1.54, 1.807) is 0 Å². The van der Waals surface area contributed by atoms with Gasteiger partial charge in [-0.2, -0.15) is 0 Å². The molecule has 3 rings (SSSR count). The van der Waals surface area contributed by atoms with Gasteiger partial charge < -0.3 is 5.32 Å². The van der Waals surface area contributed by atoms with Gasteiger partial charge in [-0.1, -0.05) is 32.1 Å². The van der Waals surface area contributed by atoms with Gasteiger partial charge in [0.2, 0.25) is 17.7 Å². The van der Waals surface area contributed by atoms with Crippen LogP contribution in [0.1, 0.15) is 64.2 Å². The predicted molar refractivity (Wildman–Crippen MR) is 81.8 cm³/mol. The van der Waals surface area contributed by atoms with Crippen LogP contribution in [0.4, 0.5) is 0 Å². The van der Waals surface area contributed by atoms with Gasteiger partial charge in [0.05, 0.1) is 11.8 Å². The average Bonchev–Trinajstić information content (AvgIpc) is 2.78. The highest BCUT2D eigenvalue weighted by Gasteiger charge is 2.47. The van der Waals surface area contributed by atoms with Crippen molar-refractivity contribution in [3.63, 3.8) is 0 Å². The summed E-state index contributed by atoms with van der Waals surface area (Å²) in [7, 11) is 0. The van der Waals surface area contributed by atoms with Crippen LogP contribution >= 0.6 is 0 Å². The molecule has 0 bridgehead atoms. The summed E-state index contributed by atoms with van der Waals surface area (Å²) in [5, 5.41) is 3.05. The molecule has 3 amide bonds. The fourth-order valence-electron chi connectivity index (χ4n) is 4.21. The molecule has 2 atom stereocenters. The summed E-state index contributed by atoms with van der Waals surface area (Å²) in [6.45, 7) is 0.253. The zero-order valence-electron chi connectivity index (χ0n) is 13.2. The summed E-state index contributed by atoms with van der Waals surface area (Å²) in [5.41, 5.74) is 0. The van der Waals surface area contributed by atoms with Crippen molar-refractivity contribution in [1.82, 2.24) is 10.2 Å². The fraction of sp³-hybridized carbons (Fsp3) is 0.824. The Hall–Kier alpha value is -1.39. The summed E-state index contributed by atoms with van der Waals surface area (Å²) in [6, 6.07) is 0.286. The van der Waals surface area contributed by atoms with Gasteiger partial charge in [0.15, 0.2) is 0 Å². The lowest BCUT2D eigenvalue weighted by atomic mass is 9.81. The third kappa shape index (κ3) is 3.18. The standard InChI is InChI=1S/C17H26N2O3/c20-15(18-12-6-2-1-3-7-12)10-11-19-16(21)13-8-4-5-9-14(13)17(19)22/h12-14H,1-11H2,(H,18,20)/t13-,14-/m1/s1. The Balaban J connectivity index is 1.49. The summed E-state index contributed by atoms with van der Waals surface area (Å²) < 4.78 is 0. The molecule has 1 N–H and O–H groups in total. The van der Waals surface area contributed by atoms with Crippen molar-refractivity contribution in [2.45, 2.75) is 70.3 Å². The SMILES string of the molecule is O=C(CCN1C(=O)[C@@H]2CCCC[C@H]2C1=O)NC1CCCCC1. The summed E-state index contributed by atoms with van der Waals surface area (Å²) in [5.74, 6) is -0.326. The Kier molecular flexibility index (Phi) is 4.79. The van der Waals surface area contributed by atoms with E-state index < -0.39 is 0 Å². The van der Waals surface area contributed by atoms with Gasteiger partial charge in [-0.05, 0) is 25.7 Å². The number of amides is 3. The quantitative estimate of drug-likeness (QED) is 0.808. The second-order valence-electron chi connectivity index (χ2n) is 6.98. The van der Waals surface area contributed by atoms with Crippen molar-refractivity contribution < 1.29 is 14.4 Å². The van der Waals surface area contributed by atoms with E-state index in [2.05, 4.69) is 5.32 Å². The van der Waals surface area contributed by atoms with Gasteiger partial charge in [-0.15, -0.1) is 0 Å². The summed E-state index contributed by atoms with van der Waals surface area (Å²) in [4.78, 5) is 38.0. The second kappa shape index (κ2) is 6.80. The van der Waals surface area contributed by atoms with Crippen LogP contribution in [0.5, 0.6) is 0 Å². The number of hydrogen-bond acceptors (Lipinski definition) is 3. The van der Waals surface area contributed by atoms with E-state index in [0.717, 1.165) is 38.5 Å². The zero-order valence-corrected chi connectivity index (χ0v) is 13.2. The van der Waals surface area contributed by atoms with Gasteiger partial charge in [0.25, 0.3) is 0 Å². The molecule has 2 saturated carbocycles. The number of imide groups is 1. The predicted octanol–water partition coefficient (Wildman–Crippen LogP) is 2.00. The van der Waals surface area contributed by atoms with Crippen LogP contribution in [0.15, 0.2) is 0 Å². The molecular formula is C17H26N2O3. The third-order valence-corrected chi connectivity index (χ3v) is 5.47. The number of likely N-dealkylation sites (tertiary alicyclic amines) is 1. The molecule has 0 aromatic heterocycles. The van der Waals surface area contributed by atoms with E-state index in [4.69, 9.17) is 0 Å². The Morgan fingerprint density at radius 2 is 1.45 bits per heavy atom. The van der Waals surface area contributed by atoms with Crippen LogP contribution in [0.3, 0.4) is 0 Å². The van der Waals surface area contributed by atoms with E-state index in [9.17, 15) is 14.4 Å². The molecule has 5 nitrogen and oxygen atoms in total. The largest absolute Gasteiger partial charge is 0.353 e. The smallest absolute Gasteiger partial charge is 0.233 e. The second-order valence-corrected chi connectivity index (χ2v) is 6.98. The van der Waals surface area contributed by atoms with Crippen molar-refractivity contribution in [1.29, 1.82) is 0 Å². The van der Waals surface area contributed by atoms with Crippen LogP contribution < -0.4 is 5.32 Å². The average molecular weight is 306 g/mol. The Morgan fingerprint density at radius 1 is 0.909 bits per heavy atom. The van der Waals surface area contributed by atoms with Gasteiger partial charge in [-0.3, -0.25) is 19.3 Å². The van der Waals surface area contributed by atoms with Crippen molar-refractivity contribution in [3.8, 4) is 0 Å². The first-order valence-electron chi connectivity index (χ1n) is 8.81. The highest BCUT2D eigenvalue weighted by atomic mass is 16.2. The van der Waals surface area contributed by atoms with E-state index in [0.29, 0.717) is 0 Å². The maximum Gasteiger partial charge on any atom is 0.233 e. The van der Waals surface area contributed by atoms with Crippen LogP contribution in [-0.2, 0) is 14.4 Å². The van der Waals surface area contributed by atoms with E-state index in [1.807, 2.05) is 0 Å². The number of rotatable bonds is 4. The van der Waals surface area contributed by atoms with Gasteiger partial charge in [0.1, 0.15) is 0 Å². The van der Waals surface area contributed by atoms with Crippen LogP contribution in [-0.4, -0.2) is 35.2 Å². The molecule has 1 saturated heterocycles. The molecule has 2 aliphatic carbocycles. The molecule has 0 aromatic rings. The minimum Gasteiger partial charge on any atom is -0.353 e. The summed E-state index contributed by atoms with van der Waals surface area (Å²) >= 11 is 0. The number of hydrogen-bond donors (Lipinski definition) is 1. The number of nitrogens with one attached hydrogen (secondary N) is 1. The molecule has 0 aromatic carbocycles. The highest BCUT2D eigenvalue weighted by Crippen LogP contribution is 2.37. The highest BCUT2D eigenvalue weighted by molar-refractivity contribution is 6.05. The van der Waals surface area contributed by atoms with Gasteiger partial charge in [0, 0.05) is 19.0 Å². The minimum absolute atomic E-state index is 0.0256. The minimum atomic E-state index is -0.109. The van der Waals surface area contributed by atoms with Gasteiger partial charge in [-0.25, -0.2) is 0 Å². The lowest BCUT2D eigenvalue weighted by Crippen LogP contribution is -2.39.